The molecule has 0 aromatic heterocycles. The normalized spacial score (nSPS) is 10.7. The maximum absolute atomic E-state index is 11.4. The third-order valence-electron chi connectivity index (χ3n) is 3.17. The number of nitrogens with two attached hydrogens (primary N) is 1. The van der Waals surface area contributed by atoms with Crippen LogP contribution in [0.1, 0.15) is 21.5 Å². The molecule has 5 heteroatoms. The molecule has 0 aliphatic rings. The SMILES string of the molecule is CN(Cc1ccc(Cl)cc1)Cc1ccc(C(=O)NN)cc1. The average molecular weight is 304 g/mol. The molecule has 2 aromatic carbocycles. The summed E-state index contributed by atoms with van der Waals surface area (Å²) in [4.78, 5) is 13.6. The lowest BCUT2D eigenvalue weighted by atomic mass is 10.1. The molecule has 3 N–H and O–H groups in total. The van der Waals surface area contributed by atoms with Crippen LogP contribution in [0, 0.1) is 0 Å². The summed E-state index contributed by atoms with van der Waals surface area (Å²) in [5.74, 6) is 4.82. The van der Waals surface area contributed by atoms with Gasteiger partial charge in [-0.1, -0.05) is 35.9 Å². The zero-order valence-corrected chi connectivity index (χ0v) is 12.6. The molecule has 0 aliphatic carbocycles. The minimum absolute atomic E-state index is 0.281. The van der Waals surface area contributed by atoms with E-state index in [-0.39, 0.29) is 5.91 Å². The molecule has 0 saturated carbocycles. The van der Waals surface area contributed by atoms with Crippen molar-refractivity contribution in [1.29, 1.82) is 0 Å². The van der Waals surface area contributed by atoms with Crippen LogP contribution in [0.2, 0.25) is 5.02 Å². The first-order valence-corrected chi connectivity index (χ1v) is 6.99. The fraction of sp³-hybridized carbons (Fsp3) is 0.188. The van der Waals surface area contributed by atoms with Crippen molar-refractivity contribution >= 4 is 17.5 Å². The van der Waals surface area contributed by atoms with Crippen LogP contribution in [0.5, 0.6) is 0 Å². The molecule has 0 heterocycles. The van der Waals surface area contributed by atoms with Crippen LogP contribution in [-0.4, -0.2) is 17.9 Å². The lowest BCUT2D eigenvalue weighted by molar-refractivity contribution is 0.0953. The molecular weight excluding hydrogens is 286 g/mol. The molecule has 0 atom stereocenters. The fourth-order valence-electron chi connectivity index (χ4n) is 2.11. The van der Waals surface area contributed by atoms with Crippen LogP contribution < -0.4 is 11.3 Å². The Labute approximate surface area is 129 Å². The van der Waals surface area contributed by atoms with E-state index in [2.05, 4.69) is 17.4 Å². The van der Waals surface area contributed by atoms with E-state index in [4.69, 9.17) is 17.4 Å². The highest BCUT2D eigenvalue weighted by atomic mass is 35.5. The van der Waals surface area contributed by atoms with Crippen molar-refractivity contribution in [2.75, 3.05) is 7.05 Å². The summed E-state index contributed by atoms with van der Waals surface area (Å²) in [6.45, 7) is 1.63. The van der Waals surface area contributed by atoms with Gasteiger partial charge in [0.2, 0.25) is 0 Å². The first kappa shape index (κ1) is 15.5. The lowest BCUT2D eigenvalue weighted by Gasteiger charge is -2.17. The predicted octanol–water partition coefficient (Wildman–Crippen LogP) is 2.58. The fourth-order valence-corrected chi connectivity index (χ4v) is 2.24. The number of carbonyl (C=O) groups is 1. The molecule has 110 valence electrons. The molecule has 0 saturated heterocycles. The maximum atomic E-state index is 11.4. The summed E-state index contributed by atoms with van der Waals surface area (Å²) in [5.41, 5.74) is 5.02. The lowest BCUT2D eigenvalue weighted by Crippen LogP contribution is -2.29. The Hall–Kier alpha value is -1.88. The van der Waals surface area contributed by atoms with Gasteiger partial charge in [0.05, 0.1) is 0 Å². The van der Waals surface area contributed by atoms with E-state index in [1.165, 1.54) is 5.56 Å². The number of hydrazine groups is 1. The summed E-state index contributed by atoms with van der Waals surface area (Å²) in [5, 5.41) is 0.746. The Balaban J connectivity index is 1.94. The highest BCUT2D eigenvalue weighted by Gasteiger charge is 2.05. The van der Waals surface area contributed by atoms with Crippen LogP contribution >= 0.6 is 11.6 Å². The number of hydrogen-bond acceptors (Lipinski definition) is 3. The topological polar surface area (TPSA) is 58.4 Å². The molecule has 4 nitrogen and oxygen atoms in total. The van der Waals surface area contributed by atoms with Gasteiger partial charge in [0.1, 0.15) is 0 Å². The number of amides is 1. The van der Waals surface area contributed by atoms with Crippen molar-refractivity contribution in [3.63, 3.8) is 0 Å². The van der Waals surface area contributed by atoms with Crippen LogP contribution in [0.4, 0.5) is 0 Å². The van der Waals surface area contributed by atoms with Crippen LogP contribution in [0.3, 0.4) is 0 Å². The van der Waals surface area contributed by atoms with Crippen LogP contribution in [-0.2, 0) is 13.1 Å². The van der Waals surface area contributed by atoms with Crippen LogP contribution in [0.15, 0.2) is 48.5 Å². The molecule has 21 heavy (non-hydrogen) atoms. The van der Waals surface area contributed by atoms with Gasteiger partial charge < -0.3 is 0 Å². The Morgan fingerprint density at radius 1 is 1.05 bits per heavy atom. The molecule has 1 amide bonds. The van der Waals surface area contributed by atoms with Crippen molar-refractivity contribution in [2.24, 2.45) is 5.84 Å². The van der Waals surface area contributed by atoms with Crippen molar-refractivity contribution < 1.29 is 4.79 Å². The molecule has 2 aromatic rings. The predicted molar refractivity (Wildman–Crippen MR) is 84.7 cm³/mol. The quantitative estimate of drug-likeness (QED) is 0.507. The van der Waals surface area contributed by atoms with Gasteiger partial charge in [-0.15, -0.1) is 0 Å². The van der Waals surface area contributed by atoms with Gasteiger partial charge in [-0.2, -0.15) is 0 Å². The summed E-state index contributed by atoms with van der Waals surface area (Å²) >= 11 is 5.88. The molecule has 0 aliphatic heterocycles. The smallest absolute Gasteiger partial charge is 0.265 e. The average Bonchev–Trinajstić information content (AvgIpc) is 2.49. The summed E-state index contributed by atoms with van der Waals surface area (Å²) in [7, 11) is 2.05. The van der Waals surface area contributed by atoms with E-state index >= 15 is 0 Å². The number of nitrogens with one attached hydrogen (secondary N) is 1. The standard InChI is InChI=1S/C16H18ClN3O/c1-20(11-13-4-8-15(17)9-5-13)10-12-2-6-14(7-3-12)16(21)19-18/h2-9H,10-11,18H2,1H3,(H,19,21). The first-order valence-electron chi connectivity index (χ1n) is 6.61. The van der Waals surface area contributed by atoms with Gasteiger partial charge in [-0.05, 0) is 42.4 Å². The Morgan fingerprint density at radius 3 is 2.00 bits per heavy atom. The highest BCUT2D eigenvalue weighted by Crippen LogP contribution is 2.13. The van der Waals surface area contributed by atoms with Gasteiger partial charge >= 0.3 is 0 Å². The number of nitrogens with zero attached hydrogens (tertiary/aromatic N) is 1. The van der Waals surface area contributed by atoms with Crippen molar-refractivity contribution in [2.45, 2.75) is 13.1 Å². The van der Waals surface area contributed by atoms with Gasteiger partial charge in [-0.3, -0.25) is 15.1 Å². The number of hydrogen-bond donors (Lipinski definition) is 2. The number of nitrogen functional groups attached to an aromatic ring is 1. The van der Waals surface area contributed by atoms with E-state index in [1.54, 1.807) is 12.1 Å². The monoisotopic (exact) mass is 303 g/mol. The largest absolute Gasteiger partial charge is 0.298 e. The number of rotatable bonds is 5. The molecule has 0 spiro atoms. The van der Waals surface area contributed by atoms with E-state index in [0.29, 0.717) is 5.56 Å². The maximum Gasteiger partial charge on any atom is 0.265 e. The first-order chi connectivity index (χ1) is 10.1. The molecular formula is C16H18ClN3O. The molecule has 2 rings (SSSR count). The highest BCUT2D eigenvalue weighted by molar-refractivity contribution is 6.30. The van der Waals surface area contributed by atoms with Gasteiger partial charge in [0.25, 0.3) is 5.91 Å². The Bertz CT molecular complexity index is 596. The van der Waals surface area contributed by atoms with Crippen molar-refractivity contribution in [3.05, 3.63) is 70.2 Å². The number of benzene rings is 2. The van der Waals surface area contributed by atoms with Gasteiger partial charge in [0, 0.05) is 23.7 Å². The van der Waals surface area contributed by atoms with E-state index in [9.17, 15) is 4.79 Å². The zero-order valence-electron chi connectivity index (χ0n) is 11.8. The molecule has 0 unspecified atom stereocenters. The minimum atomic E-state index is -0.281. The van der Waals surface area contributed by atoms with E-state index < -0.39 is 0 Å². The number of halogens is 1. The summed E-state index contributed by atoms with van der Waals surface area (Å²) in [6.07, 6.45) is 0. The third-order valence-corrected chi connectivity index (χ3v) is 3.42. The second-order valence-electron chi connectivity index (χ2n) is 4.97. The van der Waals surface area contributed by atoms with Crippen LogP contribution in [0.25, 0.3) is 0 Å². The van der Waals surface area contributed by atoms with Gasteiger partial charge in [-0.25, -0.2) is 5.84 Å². The molecule has 0 radical (unpaired) electrons. The summed E-state index contributed by atoms with van der Waals surface area (Å²) < 4.78 is 0. The second kappa shape index (κ2) is 7.22. The van der Waals surface area contributed by atoms with Crippen molar-refractivity contribution in [1.82, 2.24) is 10.3 Å². The second-order valence-corrected chi connectivity index (χ2v) is 5.41. The third kappa shape index (κ3) is 4.56. The van der Waals surface area contributed by atoms with Crippen molar-refractivity contribution in [3.8, 4) is 0 Å². The van der Waals surface area contributed by atoms with E-state index in [1.807, 2.05) is 36.4 Å². The Kier molecular flexibility index (Phi) is 5.33. The Morgan fingerprint density at radius 2 is 1.52 bits per heavy atom. The molecule has 0 bridgehead atoms. The molecule has 0 fully saturated rings. The van der Waals surface area contributed by atoms with E-state index in [0.717, 1.165) is 23.7 Å². The summed E-state index contributed by atoms with van der Waals surface area (Å²) in [6, 6.07) is 15.2. The minimum Gasteiger partial charge on any atom is -0.298 e. The van der Waals surface area contributed by atoms with Gasteiger partial charge in [0.15, 0.2) is 0 Å². The number of carbonyl (C=O) groups excluding carboxylic acids is 1. The zero-order chi connectivity index (χ0) is 15.2.